The first-order valence-corrected chi connectivity index (χ1v) is 6.30. The number of nitrogens with two attached hydrogens (primary N) is 1. The second kappa shape index (κ2) is 6.04. The molecule has 0 saturated heterocycles. The number of anilines is 1. The average Bonchev–Trinajstić information content (AvgIpc) is 2.40. The van der Waals surface area contributed by atoms with Crippen molar-refractivity contribution < 1.29 is 15.0 Å². The van der Waals surface area contributed by atoms with Crippen molar-refractivity contribution in [3.05, 3.63) is 28.8 Å². The zero-order valence-electron chi connectivity index (χ0n) is 11.7. The van der Waals surface area contributed by atoms with Crippen LogP contribution in [0.3, 0.4) is 0 Å². The van der Waals surface area contributed by atoms with E-state index in [0.29, 0.717) is 17.7 Å². The first kappa shape index (κ1) is 15.5. The van der Waals surface area contributed by atoms with Gasteiger partial charge in [-0.05, 0) is 37.5 Å². The lowest BCUT2D eigenvalue weighted by atomic mass is 9.96. The highest BCUT2D eigenvalue weighted by Gasteiger charge is 2.29. The van der Waals surface area contributed by atoms with Crippen molar-refractivity contribution in [2.45, 2.75) is 32.7 Å². The minimum Gasteiger partial charge on any atom is -0.398 e. The number of benzene rings is 1. The Labute approximate surface area is 113 Å². The molecule has 0 aliphatic rings. The molecule has 0 radical (unpaired) electrons. The summed E-state index contributed by atoms with van der Waals surface area (Å²) in [7, 11) is 0. The second-order valence-electron chi connectivity index (χ2n) is 4.93. The molecular formula is C14H22N2O3. The number of hydrogen-bond acceptors (Lipinski definition) is 4. The fourth-order valence-corrected chi connectivity index (χ4v) is 1.86. The third-order valence-corrected chi connectivity index (χ3v) is 3.52. The Morgan fingerprint density at radius 1 is 1.26 bits per heavy atom. The van der Waals surface area contributed by atoms with Crippen LogP contribution >= 0.6 is 0 Å². The molecule has 106 valence electrons. The van der Waals surface area contributed by atoms with Gasteiger partial charge in [0.1, 0.15) is 0 Å². The molecule has 1 aromatic carbocycles. The minimum absolute atomic E-state index is 0.313. The van der Waals surface area contributed by atoms with E-state index in [-0.39, 0.29) is 19.1 Å². The van der Waals surface area contributed by atoms with E-state index in [4.69, 9.17) is 5.73 Å². The van der Waals surface area contributed by atoms with Crippen molar-refractivity contribution in [2.24, 2.45) is 0 Å². The van der Waals surface area contributed by atoms with Crippen LogP contribution < -0.4 is 11.1 Å². The number of aryl methyl sites for hydroxylation is 2. The summed E-state index contributed by atoms with van der Waals surface area (Å²) in [5.74, 6) is -0.339. The number of carbonyl (C=O) groups excluding carboxylic acids is 1. The summed E-state index contributed by atoms with van der Waals surface area (Å²) in [5, 5.41) is 21.4. The lowest BCUT2D eigenvalue weighted by Gasteiger charge is -2.30. The van der Waals surface area contributed by atoms with Crippen LogP contribution in [0.5, 0.6) is 0 Å². The van der Waals surface area contributed by atoms with Gasteiger partial charge in [-0.15, -0.1) is 0 Å². The van der Waals surface area contributed by atoms with Crippen LogP contribution in [0, 0.1) is 13.8 Å². The summed E-state index contributed by atoms with van der Waals surface area (Å²) in [6, 6.07) is 3.46. The Kier molecular flexibility index (Phi) is 4.91. The maximum atomic E-state index is 12.2. The molecule has 0 atom stereocenters. The molecule has 5 heteroatoms. The summed E-state index contributed by atoms with van der Waals surface area (Å²) in [6.07, 6.45) is 0.437. The molecule has 0 aliphatic heterocycles. The number of aliphatic hydroxyl groups excluding tert-OH is 2. The number of amides is 1. The summed E-state index contributed by atoms with van der Waals surface area (Å²) in [4.78, 5) is 12.2. The number of rotatable bonds is 5. The van der Waals surface area contributed by atoms with Crippen molar-refractivity contribution >= 4 is 11.6 Å². The highest BCUT2D eigenvalue weighted by molar-refractivity contribution is 5.97. The quantitative estimate of drug-likeness (QED) is 0.591. The Bertz CT molecular complexity index is 460. The van der Waals surface area contributed by atoms with Crippen LogP contribution in [0.2, 0.25) is 0 Å². The minimum atomic E-state index is -0.997. The number of hydrogen-bond donors (Lipinski definition) is 4. The molecule has 0 aromatic heterocycles. The van der Waals surface area contributed by atoms with E-state index >= 15 is 0 Å². The monoisotopic (exact) mass is 266 g/mol. The number of aliphatic hydroxyl groups is 2. The summed E-state index contributed by atoms with van der Waals surface area (Å²) in [6.45, 7) is 4.87. The largest absolute Gasteiger partial charge is 0.398 e. The third-order valence-electron chi connectivity index (χ3n) is 3.52. The molecule has 1 amide bonds. The summed E-state index contributed by atoms with van der Waals surface area (Å²) in [5.41, 5.74) is 7.55. The standard InChI is InChI=1S/C14H22N2O3/c1-4-14(7-17,8-18)16-13(19)11-6-12(15)10(3)5-9(11)2/h5-6,17-18H,4,7-8,15H2,1-3H3,(H,16,19). The fraction of sp³-hybridized carbons (Fsp3) is 0.500. The predicted octanol–water partition coefficient (Wildman–Crippen LogP) is 0.749. The number of carbonyl (C=O) groups is 1. The van der Waals surface area contributed by atoms with E-state index in [0.717, 1.165) is 11.1 Å². The maximum Gasteiger partial charge on any atom is 0.252 e. The van der Waals surface area contributed by atoms with Crippen LogP contribution in [0.4, 0.5) is 5.69 Å². The summed E-state index contributed by atoms with van der Waals surface area (Å²) < 4.78 is 0. The molecule has 19 heavy (non-hydrogen) atoms. The number of nitrogen functional groups attached to an aromatic ring is 1. The van der Waals surface area contributed by atoms with Crippen LogP contribution in [-0.4, -0.2) is 34.9 Å². The highest BCUT2D eigenvalue weighted by Crippen LogP contribution is 2.19. The van der Waals surface area contributed by atoms with Gasteiger partial charge in [-0.1, -0.05) is 13.0 Å². The topological polar surface area (TPSA) is 95.6 Å². The van der Waals surface area contributed by atoms with Gasteiger partial charge < -0.3 is 21.3 Å². The van der Waals surface area contributed by atoms with Gasteiger partial charge >= 0.3 is 0 Å². The maximum absolute atomic E-state index is 12.2. The lowest BCUT2D eigenvalue weighted by Crippen LogP contribution is -2.53. The zero-order valence-corrected chi connectivity index (χ0v) is 11.7. The lowest BCUT2D eigenvalue weighted by molar-refractivity contribution is 0.0652. The zero-order chi connectivity index (χ0) is 14.6. The van der Waals surface area contributed by atoms with Gasteiger partial charge in [-0.3, -0.25) is 4.79 Å². The van der Waals surface area contributed by atoms with E-state index in [1.807, 2.05) is 19.9 Å². The van der Waals surface area contributed by atoms with Crippen LogP contribution in [0.15, 0.2) is 12.1 Å². The third kappa shape index (κ3) is 3.24. The Balaban J connectivity index is 3.04. The molecule has 5 nitrogen and oxygen atoms in total. The van der Waals surface area contributed by atoms with E-state index in [1.165, 1.54) is 0 Å². The second-order valence-corrected chi connectivity index (χ2v) is 4.93. The molecule has 1 aromatic rings. The Morgan fingerprint density at radius 2 is 1.84 bits per heavy atom. The molecule has 1 rings (SSSR count). The first-order valence-electron chi connectivity index (χ1n) is 6.30. The van der Waals surface area contributed by atoms with Crippen LogP contribution in [-0.2, 0) is 0 Å². The Morgan fingerprint density at radius 3 is 2.32 bits per heavy atom. The van der Waals surface area contributed by atoms with Gasteiger partial charge in [0, 0.05) is 11.3 Å². The van der Waals surface area contributed by atoms with E-state index < -0.39 is 5.54 Å². The molecule has 0 spiro atoms. The molecular weight excluding hydrogens is 244 g/mol. The van der Waals surface area contributed by atoms with Crippen LogP contribution in [0.25, 0.3) is 0 Å². The predicted molar refractivity (Wildman–Crippen MR) is 75.0 cm³/mol. The van der Waals surface area contributed by atoms with Crippen molar-refractivity contribution in [3.8, 4) is 0 Å². The Hall–Kier alpha value is -1.59. The number of nitrogens with one attached hydrogen (secondary N) is 1. The molecule has 0 fully saturated rings. The van der Waals surface area contributed by atoms with Gasteiger partial charge in [0.15, 0.2) is 0 Å². The highest BCUT2D eigenvalue weighted by atomic mass is 16.3. The normalized spacial score (nSPS) is 11.4. The van der Waals surface area contributed by atoms with Crippen molar-refractivity contribution in [2.75, 3.05) is 18.9 Å². The molecule has 0 heterocycles. The SMILES string of the molecule is CCC(CO)(CO)NC(=O)c1cc(N)c(C)cc1C. The van der Waals surface area contributed by atoms with Crippen LogP contribution in [0.1, 0.15) is 34.8 Å². The van der Waals surface area contributed by atoms with Crippen molar-refractivity contribution in [3.63, 3.8) is 0 Å². The van der Waals surface area contributed by atoms with Gasteiger partial charge in [0.05, 0.1) is 18.8 Å². The molecule has 0 bridgehead atoms. The van der Waals surface area contributed by atoms with Crippen molar-refractivity contribution in [1.29, 1.82) is 0 Å². The smallest absolute Gasteiger partial charge is 0.252 e. The molecule has 0 saturated carbocycles. The molecule has 0 unspecified atom stereocenters. The van der Waals surface area contributed by atoms with E-state index in [9.17, 15) is 15.0 Å². The fourth-order valence-electron chi connectivity index (χ4n) is 1.86. The average molecular weight is 266 g/mol. The molecule has 5 N–H and O–H groups in total. The van der Waals surface area contributed by atoms with Gasteiger partial charge in [0.25, 0.3) is 5.91 Å². The van der Waals surface area contributed by atoms with E-state index in [2.05, 4.69) is 5.32 Å². The van der Waals surface area contributed by atoms with Gasteiger partial charge in [0.2, 0.25) is 0 Å². The van der Waals surface area contributed by atoms with Gasteiger partial charge in [-0.25, -0.2) is 0 Å². The van der Waals surface area contributed by atoms with E-state index in [1.54, 1.807) is 13.0 Å². The summed E-state index contributed by atoms with van der Waals surface area (Å²) >= 11 is 0. The first-order chi connectivity index (χ1) is 8.89. The van der Waals surface area contributed by atoms with Crippen molar-refractivity contribution in [1.82, 2.24) is 5.32 Å². The van der Waals surface area contributed by atoms with Gasteiger partial charge in [-0.2, -0.15) is 0 Å². The molecule has 0 aliphatic carbocycles.